The van der Waals surface area contributed by atoms with Gasteiger partial charge in [0.15, 0.2) is 0 Å². The highest BCUT2D eigenvalue weighted by Gasteiger charge is 2.35. The van der Waals surface area contributed by atoms with E-state index in [1.165, 1.54) is 96.4 Å². The van der Waals surface area contributed by atoms with E-state index in [1.54, 1.807) is 34.6 Å². The number of rotatable bonds is 17. The van der Waals surface area contributed by atoms with Crippen LogP contribution in [0.3, 0.4) is 0 Å². The van der Waals surface area contributed by atoms with Crippen molar-refractivity contribution in [3.8, 4) is 0 Å². The number of hydrogen-bond acceptors (Lipinski definition) is 10. The van der Waals surface area contributed by atoms with Crippen LogP contribution in [-0.2, 0) is 35.5 Å². The molecule has 0 unspecified atom stereocenters. The molecule has 0 saturated heterocycles. The van der Waals surface area contributed by atoms with Crippen molar-refractivity contribution >= 4 is 105 Å². The molecule has 1 fully saturated rings. The van der Waals surface area contributed by atoms with Gasteiger partial charge in [0.25, 0.3) is 52.8 Å². The number of nitrogens with one attached hydrogen (secondary N) is 6. The summed E-state index contributed by atoms with van der Waals surface area (Å²) in [4.78, 5) is 114. The Morgan fingerprint density at radius 2 is 0.875 bits per heavy atom. The van der Waals surface area contributed by atoms with Gasteiger partial charge < -0.3 is 50.7 Å². The molecule has 7 rings (SSSR count). The Morgan fingerprint density at radius 3 is 1.17 bits per heavy atom. The van der Waals surface area contributed by atoms with Gasteiger partial charge in [-0.15, -0.1) is 0 Å². The largest absolute Gasteiger partial charge is 0.391 e. The molecule has 1 saturated carbocycles. The number of anilines is 3. The van der Waals surface area contributed by atoms with Crippen LogP contribution in [0.5, 0.6) is 0 Å². The molecule has 1 aliphatic rings. The summed E-state index contributed by atoms with van der Waals surface area (Å²) in [6, 6.07) is 11.9. The molecule has 3 aromatic heterocycles. The van der Waals surface area contributed by atoms with Gasteiger partial charge in [0.2, 0.25) is 0 Å². The standard InChI is InChI=1S/C21H23ClFN3O4.2C21H25ClFN3O3/c1-10-9-12(7-8-13(10)23)24-20(29)16-11(2)17(26(3)19(16)22)18(28)21(30)25-14-5-4-6-15(14)27;1-11-9-13(7-8-14(11)23)25-19(28)15-12(2)16(26(6)18(15)22)17(27)20(29)24-10-21(3,4)5;1-6-13(7-2)24-21(29)18(27)17-12(4)16(19(22)26(17)5)20(28)25-14-8-9-15(23)11(3)10-14/h7-9,14-15,27H,4-6H2,1-3H3,(H,24,29)(H,25,30);7-9H,10H2,1-6H3,(H,24,29)(H,25,28);8-10,13H,6-7H2,1-5H3,(H,24,29)(H,25,28)/t14-,15+;;/m1../s1. The highest BCUT2D eigenvalue weighted by molar-refractivity contribution is 6.46. The van der Waals surface area contributed by atoms with Crippen molar-refractivity contribution in [2.45, 2.75) is 126 Å². The van der Waals surface area contributed by atoms with E-state index in [1.807, 2.05) is 34.6 Å². The average molecular weight is 1280 g/mol. The third-order valence-corrected chi connectivity index (χ3v) is 16.1. The van der Waals surface area contributed by atoms with Crippen LogP contribution in [-0.4, -0.2) is 96.3 Å². The number of nitrogens with zero attached hydrogens (tertiary/aromatic N) is 3. The smallest absolute Gasteiger partial charge is 0.294 e. The van der Waals surface area contributed by atoms with Crippen molar-refractivity contribution in [3.05, 3.63) is 155 Å². The molecular formula is C63H73Cl3F3N9O10. The van der Waals surface area contributed by atoms with Crippen molar-refractivity contribution < 1.29 is 61.4 Å². The number of aliphatic hydroxyl groups is 1. The zero-order valence-corrected chi connectivity index (χ0v) is 53.7. The molecule has 6 amide bonds. The van der Waals surface area contributed by atoms with E-state index in [-0.39, 0.29) is 77.9 Å². The summed E-state index contributed by atoms with van der Waals surface area (Å²) in [5.74, 6) is -7.56. The summed E-state index contributed by atoms with van der Waals surface area (Å²) in [6.45, 7) is 19.4. The van der Waals surface area contributed by atoms with Crippen LogP contribution in [0.4, 0.5) is 30.2 Å². The Bertz CT molecular complexity index is 3750. The SMILES string of the molecule is CCC(CC)NC(=O)C(=O)c1c(C)c(C(=O)Nc2ccc(F)c(C)c2)c(Cl)n1C.Cc1cc(NC(=O)c2c(C)c(C(=O)C(=O)NCC(C)(C)C)n(C)c2Cl)ccc1F.Cc1cc(NC(=O)c2c(C)c(C(=O)C(=O)N[C@@H]3CCC[C@@H]3O)n(C)c2Cl)ccc1F. The quantitative estimate of drug-likeness (QED) is 0.0335. The molecular weight excluding hydrogens is 1210 g/mol. The van der Waals surface area contributed by atoms with Gasteiger partial charge in [-0.2, -0.15) is 0 Å². The Morgan fingerprint density at radius 1 is 0.545 bits per heavy atom. The monoisotopic (exact) mass is 1280 g/mol. The maximum Gasteiger partial charge on any atom is 0.294 e. The predicted octanol–water partition coefficient (Wildman–Crippen LogP) is 11.1. The molecule has 0 spiro atoms. The van der Waals surface area contributed by atoms with Gasteiger partial charge in [0.1, 0.15) is 32.9 Å². The van der Waals surface area contributed by atoms with Gasteiger partial charge in [-0.25, -0.2) is 13.2 Å². The van der Waals surface area contributed by atoms with Crippen molar-refractivity contribution in [1.29, 1.82) is 0 Å². The topological polar surface area (TPSA) is 261 Å². The van der Waals surface area contributed by atoms with Crippen molar-refractivity contribution in [1.82, 2.24) is 29.7 Å². The second kappa shape index (κ2) is 29.8. The van der Waals surface area contributed by atoms with Gasteiger partial charge >= 0.3 is 0 Å². The number of hydrogen-bond donors (Lipinski definition) is 7. The molecule has 0 radical (unpaired) electrons. The summed E-state index contributed by atoms with van der Waals surface area (Å²) < 4.78 is 44.3. The van der Waals surface area contributed by atoms with Crippen molar-refractivity contribution in [2.75, 3.05) is 22.5 Å². The number of carbonyl (C=O) groups is 9. The fourth-order valence-corrected chi connectivity index (χ4v) is 10.7. The van der Waals surface area contributed by atoms with E-state index in [9.17, 15) is 61.4 Å². The number of benzene rings is 3. The lowest BCUT2D eigenvalue weighted by Crippen LogP contribution is -2.43. The molecule has 0 bridgehead atoms. The first kappa shape index (κ1) is 70.7. The van der Waals surface area contributed by atoms with E-state index < -0.39 is 70.8 Å². The van der Waals surface area contributed by atoms with E-state index in [0.29, 0.717) is 77.1 Å². The third kappa shape index (κ3) is 16.6. The van der Waals surface area contributed by atoms with Crippen LogP contribution in [0.25, 0.3) is 0 Å². The summed E-state index contributed by atoms with van der Waals surface area (Å²) >= 11 is 18.9. The maximum absolute atomic E-state index is 13.4. The van der Waals surface area contributed by atoms with Crippen molar-refractivity contribution in [3.63, 3.8) is 0 Å². The molecule has 472 valence electrons. The maximum atomic E-state index is 13.4. The van der Waals surface area contributed by atoms with Crippen LogP contribution in [0.2, 0.25) is 15.5 Å². The average Bonchev–Trinajstić information content (AvgIpc) is 3.93. The molecule has 7 N–H and O–H groups in total. The minimum atomic E-state index is -0.859. The highest BCUT2D eigenvalue weighted by atomic mass is 35.5. The Hall–Kier alpha value is -8.05. The van der Waals surface area contributed by atoms with Gasteiger partial charge in [0.05, 0.1) is 45.9 Å². The number of Topliss-reactive ketones (excluding diaryl/α,β-unsaturated/α-hetero) is 3. The number of amides is 6. The van der Waals surface area contributed by atoms with Gasteiger partial charge in [-0.3, -0.25) is 43.2 Å². The number of aryl methyl sites for hydroxylation is 3. The van der Waals surface area contributed by atoms with Gasteiger partial charge in [0, 0.05) is 50.8 Å². The van der Waals surface area contributed by atoms with Crippen LogP contribution in [0.1, 0.15) is 163 Å². The molecule has 3 heterocycles. The van der Waals surface area contributed by atoms with E-state index in [4.69, 9.17) is 34.8 Å². The molecule has 19 nitrogen and oxygen atoms in total. The second-order valence-corrected chi connectivity index (χ2v) is 23.7. The zero-order chi connectivity index (χ0) is 66.1. The van der Waals surface area contributed by atoms with Crippen LogP contribution in [0.15, 0.2) is 54.6 Å². The summed E-state index contributed by atoms with van der Waals surface area (Å²) in [7, 11) is 4.52. The normalized spacial score (nSPS) is 13.6. The molecule has 25 heteroatoms. The first-order valence-electron chi connectivity index (χ1n) is 28.0. The fraction of sp³-hybridized carbons (Fsp3) is 0.381. The lowest BCUT2D eigenvalue weighted by atomic mass is 9.97. The predicted molar refractivity (Wildman–Crippen MR) is 333 cm³/mol. The van der Waals surface area contributed by atoms with Gasteiger partial charge in [-0.1, -0.05) is 69.4 Å². The summed E-state index contributed by atoms with van der Waals surface area (Å²) in [5.41, 5.74) is 3.28. The number of carbonyl (C=O) groups excluding carboxylic acids is 9. The number of aromatic nitrogens is 3. The van der Waals surface area contributed by atoms with Crippen LogP contribution >= 0.6 is 34.8 Å². The van der Waals surface area contributed by atoms with Gasteiger partial charge in [-0.05, 0) is 167 Å². The zero-order valence-electron chi connectivity index (χ0n) is 51.4. The highest BCUT2D eigenvalue weighted by Crippen LogP contribution is 2.32. The molecule has 0 aliphatic heterocycles. The van der Waals surface area contributed by atoms with E-state index >= 15 is 0 Å². The molecule has 88 heavy (non-hydrogen) atoms. The first-order valence-corrected chi connectivity index (χ1v) is 29.2. The molecule has 1 aliphatic carbocycles. The summed E-state index contributed by atoms with van der Waals surface area (Å²) in [5, 5.41) is 25.7. The van der Waals surface area contributed by atoms with Crippen molar-refractivity contribution in [2.24, 2.45) is 26.6 Å². The minimum absolute atomic E-state index is 0.000819. The Labute approximate surface area is 523 Å². The van der Waals surface area contributed by atoms with E-state index in [2.05, 4.69) is 31.9 Å². The molecule has 3 aromatic carbocycles. The molecule has 6 aromatic rings. The summed E-state index contributed by atoms with van der Waals surface area (Å²) in [6.07, 6.45) is 2.65. The number of aliphatic hydroxyl groups excluding tert-OH is 1. The second-order valence-electron chi connectivity index (χ2n) is 22.6. The number of halogens is 6. The number of ketones is 3. The lowest BCUT2D eigenvalue weighted by molar-refractivity contribution is -0.118. The molecule has 2 atom stereocenters. The first-order chi connectivity index (χ1) is 41.1. The minimum Gasteiger partial charge on any atom is -0.391 e. The Kier molecular flexibility index (Phi) is 23.9. The van der Waals surface area contributed by atoms with Crippen LogP contribution < -0.4 is 31.9 Å². The van der Waals surface area contributed by atoms with E-state index in [0.717, 1.165) is 6.42 Å². The third-order valence-electron chi connectivity index (χ3n) is 14.8. The fourth-order valence-electron chi connectivity index (χ4n) is 9.71. The Balaban J connectivity index is 0.000000241. The van der Waals surface area contributed by atoms with Crippen LogP contribution in [0, 0.1) is 64.4 Å². The lowest BCUT2D eigenvalue weighted by Gasteiger charge is -2.18.